The van der Waals surface area contributed by atoms with Crippen LogP contribution < -0.4 is 0 Å². The van der Waals surface area contributed by atoms with Gasteiger partial charge in [-0.15, -0.1) is 0 Å². The van der Waals surface area contributed by atoms with Crippen LogP contribution in [0.5, 0.6) is 0 Å². The van der Waals surface area contributed by atoms with Crippen LogP contribution in [0.15, 0.2) is 0 Å². The number of carboxylic acid groups (broad SMARTS) is 1. The van der Waals surface area contributed by atoms with E-state index in [1.807, 2.05) is 0 Å². The van der Waals surface area contributed by atoms with E-state index in [1.54, 1.807) is 4.90 Å². The lowest BCUT2D eigenvalue weighted by atomic mass is 9.93. The molecule has 0 aliphatic carbocycles. The lowest BCUT2D eigenvalue weighted by Crippen LogP contribution is -2.46. The highest BCUT2D eigenvalue weighted by atomic mass is 16.4. The number of hydrogen-bond acceptors (Lipinski definition) is 2. The van der Waals surface area contributed by atoms with Crippen LogP contribution in [0.4, 0.5) is 0 Å². The van der Waals surface area contributed by atoms with E-state index in [0.717, 1.165) is 25.8 Å². The van der Waals surface area contributed by atoms with Gasteiger partial charge in [-0.2, -0.15) is 0 Å². The summed E-state index contributed by atoms with van der Waals surface area (Å²) in [5, 5.41) is 8.78. The summed E-state index contributed by atoms with van der Waals surface area (Å²) < 4.78 is 0. The number of nitrogens with zero attached hydrogens (tertiary/aromatic N) is 1. The first-order valence-corrected chi connectivity index (χ1v) is 4.73. The summed E-state index contributed by atoms with van der Waals surface area (Å²) in [6, 6.07) is 0.336. The molecule has 4 nitrogen and oxygen atoms in total. The largest absolute Gasteiger partial charge is 0.481 e. The van der Waals surface area contributed by atoms with Crippen molar-refractivity contribution in [1.82, 2.24) is 4.90 Å². The standard InChI is InChI=1S/C9H13NO3/c11-8-7(9(12)13)4-3-6-2-1-5-10(6)8/h6-7H,1-5H2,(H,12,13). The smallest absolute Gasteiger partial charge is 0.316 e. The molecule has 0 aromatic heterocycles. The summed E-state index contributed by atoms with van der Waals surface area (Å²) in [5.74, 6) is -1.90. The topological polar surface area (TPSA) is 57.6 Å². The number of rotatable bonds is 1. The molecule has 0 spiro atoms. The zero-order chi connectivity index (χ0) is 9.42. The SMILES string of the molecule is O=C(O)C1CCC2CCCN2C1=O. The van der Waals surface area contributed by atoms with Crippen LogP contribution >= 0.6 is 0 Å². The second-order valence-corrected chi connectivity index (χ2v) is 3.80. The van der Waals surface area contributed by atoms with E-state index in [0.29, 0.717) is 12.5 Å². The number of aliphatic carboxylic acids is 1. The Bertz CT molecular complexity index is 251. The molecule has 0 saturated carbocycles. The highest BCUT2D eigenvalue weighted by Crippen LogP contribution is 2.30. The summed E-state index contributed by atoms with van der Waals surface area (Å²) in [5.41, 5.74) is 0. The quantitative estimate of drug-likeness (QED) is 0.601. The van der Waals surface area contributed by atoms with Gasteiger partial charge in [-0.05, 0) is 25.7 Å². The molecule has 2 atom stereocenters. The first-order valence-electron chi connectivity index (χ1n) is 4.73. The molecule has 0 aromatic rings. The average molecular weight is 183 g/mol. The van der Waals surface area contributed by atoms with Crippen molar-refractivity contribution in [1.29, 1.82) is 0 Å². The fourth-order valence-electron chi connectivity index (χ4n) is 2.34. The average Bonchev–Trinajstić information content (AvgIpc) is 2.52. The number of carbonyl (C=O) groups excluding carboxylic acids is 1. The van der Waals surface area contributed by atoms with E-state index in [2.05, 4.69) is 0 Å². The first kappa shape index (κ1) is 8.53. The van der Waals surface area contributed by atoms with Crippen molar-refractivity contribution in [2.24, 2.45) is 5.92 Å². The second-order valence-electron chi connectivity index (χ2n) is 3.80. The highest BCUT2D eigenvalue weighted by molar-refractivity contribution is 5.97. The van der Waals surface area contributed by atoms with Gasteiger partial charge >= 0.3 is 5.97 Å². The van der Waals surface area contributed by atoms with Gasteiger partial charge in [0.05, 0.1) is 0 Å². The van der Waals surface area contributed by atoms with Crippen molar-refractivity contribution in [3.63, 3.8) is 0 Å². The van der Waals surface area contributed by atoms with Crippen LogP contribution in [-0.2, 0) is 9.59 Å². The van der Waals surface area contributed by atoms with E-state index >= 15 is 0 Å². The minimum absolute atomic E-state index is 0.166. The summed E-state index contributed by atoms with van der Waals surface area (Å²) in [7, 11) is 0. The third kappa shape index (κ3) is 1.30. The fourth-order valence-corrected chi connectivity index (χ4v) is 2.34. The van der Waals surface area contributed by atoms with Gasteiger partial charge in [0.2, 0.25) is 5.91 Å². The van der Waals surface area contributed by atoms with Gasteiger partial charge in [-0.1, -0.05) is 0 Å². The van der Waals surface area contributed by atoms with Crippen LogP contribution in [0.1, 0.15) is 25.7 Å². The van der Waals surface area contributed by atoms with Crippen LogP contribution in [0, 0.1) is 5.92 Å². The Morgan fingerprint density at radius 1 is 1.38 bits per heavy atom. The zero-order valence-electron chi connectivity index (χ0n) is 7.40. The summed E-state index contributed by atoms with van der Waals surface area (Å²) in [4.78, 5) is 24.1. The third-order valence-corrected chi connectivity index (χ3v) is 3.04. The van der Waals surface area contributed by atoms with Gasteiger partial charge in [-0.25, -0.2) is 0 Å². The molecule has 2 aliphatic rings. The van der Waals surface area contributed by atoms with Crippen LogP contribution in [0.3, 0.4) is 0 Å². The minimum Gasteiger partial charge on any atom is -0.481 e. The van der Waals surface area contributed by atoms with E-state index in [9.17, 15) is 9.59 Å². The molecule has 2 aliphatic heterocycles. The van der Waals surface area contributed by atoms with Crippen molar-refractivity contribution in [2.75, 3.05) is 6.54 Å². The van der Waals surface area contributed by atoms with Crippen molar-refractivity contribution in [3.05, 3.63) is 0 Å². The van der Waals surface area contributed by atoms with E-state index in [-0.39, 0.29) is 5.91 Å². The Hall–Kier alpha value is -1.06. The maximum Gasteiger partial charge on any atom is 0.316 e. The molecule has 1 amide bonds. The molecule has 2 fully saturated rings. The van der Waals surface area contributed by atoms with Crippen LogP contribution in [0.2, 0.25) is 0 Å². The normalized spacial score (nSPS) is 33.2. The van der Waals surface area contributed by atoms with Crippen LogP contribution in [-0.4, -0.2) is 34.5 Å². The highest BCUT2D eigenvalue weighted by Gasteiger charge is 2.40. The van der Waals surface area contributed by atoms with Crippen molar-refractivity contribution in [3.8, 4) is 0 Å². The van der Waals surface area contributed by atoms with E-state index in [1.165, 1.54) is 0 Å². The Balaban J connectivity index is 2.13. The van der Waals surface area contributed by atoms with Gasteiger partial charge in [0.15, 0.2) is 0 Å². The molecule has 0 radical (unpaired) electrons. The molecular formula is C9H13NO3. The predicted octanol–water partition coefficient (Wildman–Crippen LogP) is 0.472. The van der Waals surface area contributed by atoms with Gasteiger partial charge in [-0.3, -0.25) is 9.59 Å². The third-order valence-electron chi connectivity index (χ3n) is 3.04. The number of fused-ring (bicyclic) bond motifs is 1. The Morgan fingerprint density at radius 3 is 2.85 bits per heavy atom. The summed E-state index contributed by atoms with van der Waals surface area (Å²) >= 11 is 0. The molecule has 4 heteroatoms. The molecule has 2 rings (SSSR count). The molecule has 72 valence electrons. The zero-order valence-corrected chi connectivity index (χ0v) is 7.40. The number of piperidine rings is 1. The number of hydrogen-bond donors (Lipinski definition) is 1. The molecule has 2 saturated heterocycles. The number of carbonyl (C=O) groups is 2. The Kier molecular flexibility index (Phi) is 1.98. The number of amides is 1. The van der Waals surface area contributed by atoms with Gasteiger partial charge in [0.25, 0.3) is 0 Å². The lowest BCUT2D eigenvalue weighted by molar-refractivity contribution is -0.154. The predicted molar refractivity (Wildman–Crippen MR) is 45.1 cm³/mol. The monoisotopic (exact) mass is 183 g/mol. The maximum absolute atomic E-state index is 11.6. The van der Waals surface area contributed by atoms with Crippen molar-refractivity contribution < 1.29 is 14.7 Å². The van der Waals surface area contributed by atoms with Crippen molar-refractivity contribution >= 4 is 11.9 Å². The Labute approximate surface area is 76.5 Å². The van der Waals surface area contributed by atoms with Crippen molar-refractivity contribution in [2.45, 2.75) is 31.7 Å². The lowest BCUT2D eigenvalue weighted by Gasteiger charge is -2.32. The minimum atomic E-state index is -0.963. The Morgan fingerprint density at radius 2 is 2.15 bits per heavy atom. The van der Waals surface area contributed by atoms with Gasteiger partial charge in [0.1, 0.15) is 5.92 Å². The molecule has 2 heterocycles. The van der Waals surface area contributed by atoms with E-state index < -0.39 is 11.9 Å². The second kappa shape index (κ2) is 3.01. The van der Waals surface area contributed by atoms with Gasteiger partial charge in [0, 0.05) is 12.6 Å². The van der Waals surface area contributed by atoms with Crippen LogP contribution in [0.25, 0.3) is 0 Å². The number of carboxylic acids is 1. The molecule has 1 N–H and O–H groups in total. The first-order chi connectivity index (χ1) is 6.20. The molecular weight excluding hydrogens is 170 g/mol. The van der Waals surface area contributed by atoms with E-state index in [4.69, 9.17) is 5.11 Å². The molecule has 13 heavy (non-hydrogen) atoms. The maximum atomic E-state index is 11.6. The molecule has 2 unspecified atom stereocenters. The molecule has 0 aromatic carbocycles. The van der Waals surface area contributed by atoms with Gasteiger partial charge < -0.3 is 10.0 Å². The fraction of sp³-hybridized carbons (Fsp3) is 0.778. The summed E-state index contributed by atoms with van der Waals surface area (Å²) in [6.07, 6.45) is 3.47. The molecule has 0 bridgehead atoms. The summed E-state index contributed by atoms with van der Waals surface area (Å²) in [6.45, 7) is 0.757.